The molecule has 118 valence electrons. The molecule has 1 aliphatic carbocycles. The van der Waals surface area contributed by atoms with Crippen molar-refractivity contribution in [1.82, 2.24) is 5.32 Å². The fourth-order valence-electron chi connectivity index (χ4n) is 3.52. The van der Waals surface area contributed by atoms with Crippen LogP contribution in [0.1, 0.15) is 57.6 Å². The molecule has 1 aliphatic rings. The lowest BCUT2D eigenvalue weighted by atomic mass is 9.76. The molecular formula is C18H28FNO. The molecule has 1 N–H and O–H groups in total. The highest BCUT2D eigenvalue weighted by molar-refractivity contribution is 5.31. The van der Waals surface area contributed by atoms with Gasteiger partial charge in [-0.2, -0.15) is 0 Å². The van der Waals surface area contributed by atoms with Crippen molar-refractivity contribution in [1.29, 1.82) is 0 Å². The van der Waals surface area contributed by atoms with Crippen LogP contribution in [-0.4, -0.2) is 13.7 Å². The summed E-state index contributed by atoms with van der Waals surface area (Å²) in [5, 5.41) is 3.63. The number of benzene rings is 1. The van der Waals surface area contributed by atoms with E-state index < -0.39 is 0 Å². The second kappa shape index (κ2) is 7.79. The van der Waals surface area contributed by atoms with Crippen LogP contribution in [0, 0.1) is 17.7 Å². The third-order valence-electron chi connectivity index (χ3n) is 4.60. The van der Waals surface area contributed by atoms with Crippen LogP contribution in [0.3, 0.4) is 0 Å². The van der Waals surface area contributed by atoms with Gasteiger partial charge < -0.3 is 10.1 Å². The first-order valence-electron chi connectivity index (χ1n) is 8.22. The highest BCUT2D eigenvalue weighted by atomic mass is 19.1. The molecule has 0 aromatic heterocycles. The minimum atomic E-state index is -0.262. The van der Waals surface area contributed by atoms with E-state index in [1.54, 1.807) is 12.1 Å². The van der Waals surface area contributed by atoms with Gasteiger partial charge in [0.05, 0.1) is 7.11 Å². The Bertz CT molecular complexity index is 449. The first-order chi connectivity index (χ1) is 10.2. The van der Waals surface area contributed by atoms with Gasteiger partial charge >= 0.3 is 0 Å². The van der Waals surface area contributed by atoms with Crippen LogP contribution in [0.15, 0.2) is 18.2 Å². The van der Waals surface area contributed by atoms with Crippen LogP contribution in [0.5, 0.6) is 5.75 Å². The zero-order chi connectivity index (χ0) is 15.2. The predicted octanol–water partition coefficient (Wildman–Crippen LogP) is 4.70. The number of methoxy groups -OCH3 is 1. The first-order valence-corrected chi connectivity index (χ1v) is 8.22. The second-order valence-electron chi connectivity index (χ2n) is 6.36. The summed E-state index contributed by atoms with van der Waals surface area (Å²) < 4.78 is 19.1. The van der Waals surface area contributed by atoms with Crippen LogP contribution in [0.25, 0.3) is 0 Å². The van der Waals surface area contributed by atoms with Crippen LogP contribution in [0.2, 0.25) is 0 Å². The van der Waals surface area contributed by atoms with E-state index in [9.17, 15) is 4.39 Å². The largest absolute Gasteiger partial charge is 0.494 e. The molecule has 0 saturated heterocycles. The fraction of sp³-hybridized carbons (Fsp3) is 0.667. The van der Waals surface area contributed by atoms with Gasteiger partial charge in [-0.05, 0) is 55.3 Å². The Morgan fingerprint density at radius 1 is 1.38 bits per heavy atom. The summed E-state index contributed by atoms with van der Waals surface area (Å²) in [7, 11) is 1.51. The lowest BCUT2D eigenvalue weighted by Crippen LogP contribution is -2.32. The number of halogens is 1. The standard InChI is InChI=1S/C18H28FNO/c1-4-10-20-18(14-7-5-6-13(2)11-14)15-8-9-17(21-3)16(19)12-15/h8-9,12-14,18,20H,4-7,10-11H2,1-3H3. The van der Waals surface area contributed by atoms with Gasteiger partial charge in [0.15, 0.2) is 11.6 Å². The van der Waals surface area contributed by atoms with Crippen LogP contribution >= 0.6 is 0 Å². The third-order valence-corrected chi connectivity index (χ3v) is 4.60. The van der Waals surface area contributed by atoms with Crippen molar-refractivity contribution >= 4 is 0 Å². The predicted molar refractivity (Wildman–Crippen MR) is 85.1 cm³/mol. The molecule has 1 fully saturated rings. The average Bonchev–Trinajstić information content (AvgIpc) is 2.48. The summed E-state index contributed by atoms with van der Waals surface area (Å²) in [4.78, 5) is 0. The molecule has 2 nitrogen and oxygen atoms in total. The topological polar surface area (TPSA) is 21.3 Å². The molecule has 2 rings (SSSR count). The van der Waals surface area contributed by atoms with Gasteiger partial charge in [0.1, 0.15) is 0 Å². The van der Waals surface area contributed by atoms with Crippen molar-refractivity contribution in [3.63, 3.8) is 0 Å². The van der Waals surface area contributed by atoms with E-state index >= 15 is 0 Å². The SMILES string of the molecule is CCCNC(c1ccc(OC)c(F)c1)C1CCCC(C)C1. The minimum absolute atomic E-state index is 0.258. The van der Waals surface area contributed by atoms with Gasteiger partial charge in [-0.15, -0.1) is 0 Å². The normalized spacial score (nSPS) is 23.8. The highest BCUT2D eigenvalue weighted by Gasteiger charge is 2.28. The summed E-state index contributed by atoms with van der Waals surface area (Å²) in [5.74, 6) is 1.44. The minimum Gasteiger partial charge on any atom is -0.494 e. The van der Waals surface area contributed by atoms with Crippen molar-refractivity contribution < 1.29 is 9.13 Å². The Morgan fingerprint density at radius 2 is 2.19 bits per heavy atom. The zero-order valence-electron chi connectivity index (χ0n) is 13.5. The number of rotatable bonds is 6. The summed E-state index contributed by atoms with van der Waals surface area (Å²) in [6, 6.07) is 5.66. The maximum Gasteiger partial charge on any atom is 0.165 e. The van der Waals surface area contributed by atoms with Gasteiger partial charge in [-0.3, -0.25) is 0 Å². The molecule has 0 aliphatic heterocycles. The molecule has 0 heterocycles. The molecule has 1 saturated carbocycles. The smallest absolute Gasteiger partial charge is 0.165 e. The van der Waals surface area contributed by atoms with Crippen LogP contribution in [-0.2, 0) is 0 Å². The van der Waals surface area contributed by atoms with Crippen LogP contribution in [0.4, 0.5) is 4.39 Å². The Labute approximate surface area is 128 Å². The van der Waals surface area contributed by atoms with Gasteiger partial charge in [0.25, 0.3) is 0 Å². The Balaban J connectivity index is 2.20. The third kappa shape index (κ3) is 4.19. The van der Waals surface area contributed by atoms with Crippen molar-refractivity contribution in [3.05, 3.63) is 29.6 Å². The van der Waals surface area contributed by atoms with E-state index in [-0.39, 0.29) is 11.9 Å². The molecule has 0 bridgehead atoms. The zero-order valence-corrected chi connectivity index (χ0v) is 13.5. The van der Waals surface area contributed by atoms with E-state index in [1.165, 1.54) is 32.8 Å². The van der Waals surface area contributed by atoms with Gasteiger partial charge in [0.2, 0.25) is 0 Å². The lowest BCUT2D eigenvalue weighted by Gasteiger charge is -2.34. The van der Waals surface area contributed by atoms with E-state index in [0.29, 0.717) is 11.7 Å². The maximum atomic E-state index is 14.0. The molecular weight excluding hydrogens is 265 g/mol. The monoisotopic (exact) mass is 293 g/mol. The van der Waals surface area contributed by atoms with E-state index in [4.69, 9.17) is 4.74 Å². The Morgan fingerprint density at radius 3 is 2.81 bits per heavy atom. The van der Waals surface area contributed by atoms with Gasteiger partial charge in [-0.1, -0.05) is 32.8 Å². The summed E-state index contributed by atoms with van der Waals surface area (Å²) in [6.45, 7) is 5.48. The molecule has 0 radical (unpaired) electrons. The molecule has 0 spiro atoms. The summed E-state index contributed by atoms with van der Waals surface area (Å²) >= 11 is 0. The molecule has 3 heteroatoms. The fourth-order valence-corrected chi connectivity index (χ4v) is 3.52. The molecule has 3 unspecified atom stereocenters. The number of hydrogen-bond acceptors (Lipinski definition) is 2. The van der Waals surface area contributed by atoms with E-state index in [2.05, 4.69) is 19.2 Å². The molecule has 1 aromatic rings. The quantitative estimate of drug-likeness (QED) is 0.820. The summed E-state index contributed by atoms with van der Waals surface area (Å²) in [6.07, 6.45) is 6.18. The van der Waals surface area contributed by atoms with Crippen molar-refractivity contribution in [2.75, 3.05) is 13.7 Å². The molecule has 1 aromatic carbocycles. The van der Waals surface area contributed by atoms with Crippen molar-refractivity contribution in [2.45, 2.75) is 52.0 Å². The van der Waals surface area contributed by atoms with Crippen molar-refractivity contribution in [3.8, 4) is 5.75 Å². The molecule has 21 heavy (non-hydrogen) atoms. The van der Waals surface area contributed by atoms with Gasteiger partial charge in [0, 0.05) is 6.04 Å². The Kier molecular flexibility index (Phi) is 6.04. The molecule has 0 amide bonds. The van der Waals surface area contributed by atoms with Gasteiger partial charge in [-0.25, -0.2) is 4.39 Å². The number of nitrogens with one attached hydrogen (secondary N) is 1. The Hall–Kier alpha value is -1.09. The number of ether oxygens (including phenoxy) is 1. The molecule has 3 atom stereocenters. The summed E-state index contributed by atoms with van der Waals surface area (Å²) in [5.41, 5.74) is 1.06. The average molecular weight is 293 g/mol. The maximum absolute atomic E-state index is 14.0. The number of hydrogen-bond donors (Lipinski definition) is 1. The first kappa shape index (κ1) is 16.3. The highest BCUT2D eigenvalue weighted by Crippen LogP contribution is 2.37. The second-order valence-corrected chi connectivity index (χ2v) is 6.36. The van der Waals surface area contributed by atoms with Crippen LogP contribution < -0.4 is 10.1 Å². The van der Waals surface area contributed by atoms with Crippen molar-refractivity contribution in [2.24, 2.45) is 11.8 Å². The van der Waals surface area contributed by atoms with E-state index in [1.807, 2.05) is 6.07 Å². The lowest BCUT2D eigenvalue weighted by molar-refractivity contribution is 0.223. The van der Waals surface area contributed by atoms with E-state index in [0.717, 1.165) is 24.4 Å².